The molecule has 0 saturated carbocycles. The van der Waals surface area contributed by atoms with Crippen molar-refractivity contribution in [3.63, 3.8) is 0 Å². The lowest BCUT2D eigenvalue weighted by molar-refractivity contribution is -0.114. The molecule has 2 rings (SSSR count). The number of hydrogen-bond donors (Lipinski definition) is 1. The van der Waals surface area contributed by atoms with E-state index in [9.17, 15) is 9.59 Å². The first-order chi connectivity index (χ1) is 11.1. The zero-order valence-corrected chi connectivity index (χ0v) is 14.0. The number of amides is 2. The number of nitrogens with zero attached hydrogens (tertiary/aromatic N) is 1. The van der Waals surface area contributed by atoms with Crippen LogP contribution in [0, 0.1) is 0 Å². The number of unbranched alkanes of at least 4 members (excludes halogenated alkanes) is 1. The molecule has 23 heavy (non-hydrogen) atoms. The number of carbonyl (C=O) groups is 2. The van der Waals surface area contributed by atoms with Gasteiger partial charge in [-0.25, -0.2) is 4.79 Å². The van der Waals surface area contributed by atoms with E-state index < -0.39 is 0 Å². The van der Waals surface area contributed by atoms with E-state index >= 15 is 0 Å². The summed E-state index contributed by atoms with van der Waals surface area (Å²) in [5.74, 6) is 0.357. The molecule has 1 aliphatic rings. The summed E-state index contributed by atoms with van der Waals surface area (Å²) in [6.07, 6.45) is 3.60. The lowest BCUT2D eigenvalue weighted by Gasteiger charge is -2.31. The van der Waals surface area contributed by atoms with Crippen molar-refractivity contribution in [2.45, 2.75) is 45.4 Å². The maximum absolute atomic E-state index is 11.9. The molecular formula is C18H26N2O3. The van der Waals surface area contributed by atoms with Gasteiger partial charge in [0, 0.05) is 25.7 Å². The van der Waals surface area contributed by atoms with Crippen LogP contribution in [0.4, 0.5) is 10.5 Å². The van der Waals surface area contributed by atoms with Crippen LogP contribution in [0.2, 0.25) is 0 Å². The largest absolute Gasteiger partial charge is 0.449 e. The van der Waals surface area contributed by atoms with Gasteiger partial charge in [-0.15, -0.1) is 0 Å². The van der Waals surface area contributed by atoms with Crippen LogP contribution in [-0.2, 0) is 9.53 Å². The van der Waals surface area contributed by atoms with Gasteiger partial charge in [-0.05, 0) is 42.9 Å². The average molecular weight is 318 g/mol. The highest BCUT2D eigenvalue weighted by Crippen LogP contribution is 2.29. The maximum Gasteiger partial charge on any atom is 0.409 e. The van der Waals surface area contributed by atoms with E-state index in [1.807, 2.05) is 18.2 Å². The van der Waals surface area contributed by atoms with Gasteiger partial charge in [-0.1, -0.05) is 25.5 Å². The fourth-order valence-corrected chi connectivity index (χ4v) is 2.86. The molecule has 1 fully saturated rings. The minimum atomic E-state index is -0.191. The summed E-state index contributed by atoms with van der Waals surface area (Å²) >= 11 is 0. The summed E-state index contributed by atoms with van der Waals surface area (Å²) < 4.78 is 5.27. The third kappa shape index (κ3) is 5.27. The number of carbonyl (C=O) groups excluding carboxylic acids is 2. The monoisotopic (exact) mass is 318 g/mol. The Bertz CT molecular complexity index is 537. The smallest absolute Gasteiger partial charge is 0.409 e. The fraction of sp³-hybridized carbons (Fsp3) is 0.556. The van der Waals surface area contributed by atoms with Crippen molar-refractivity contribution in [2.24, 2.45) is 0 Å². The number of ether oxygens (including phenoxy) is 1. The van der Waals surface area contributed by atoms with Crippen LogP contribution >= 0.6 is 0 Å². The van der Waals surface area contributed by atoms with Crippen molar-refractivity contribution < 1.29 is 14.3 Å². The molecule has 0 aromatic heterocycles. The minimum Gasteiger partial charge on any atom is -0.449 e. The molecule has 0 bridgehead atoms. The van der Waals surface area contributed by atoms with Crippen LogP contribution < -0.4 is 5.32 Å². The van der Waals surface area contributed by atoms with Gasteiger partial charge in [-0.3, -0.25) is 4.79 Å². The highest BCUT2D eigenvalue weighted by Gasteiger charge is 2.24. The Morgan fingerprint density at radius 3 is 2.70 bits per heavy atom. The molecule has 5 heteroatoms. The minimum absolute atomic E-state index is 0.0632. The molecule has 0 aliphatic carbocycles. The number of rotatable bonds is 5. The number of benzene rings is 1. The standard InChI is InChI=1S/C18H26N2O3/c1-3-4-12-23-18(22)20-10-8-15(9-11-20)16-6-5-7-17(13-16)19-14(2)21/h5-7,13,15H,3-4,8-12H2,1-2H3,(H,19,21). The number of hydrogen-bond acceptors (Lipinski definition) is 3. The highest BCUT2D eigenvalue weighted by atomic mass is 16.6. The molecule has 1 aromatic rings. The normalized spacial score (nSPS) is 15.3. The van der Waals surface area contributed by atoms with E-state index in [-0.39, 0.29) is 12.0 Å². The first-order valence-electron chi connectivity index (χ1n) is 8.39. The lowest BCUT2D eigenvalue weighted by Crippen LogP contribution is -2.38. The first-order valence-corrected chi connectivity index (χ1v) is 8.39. The van der Waals surface area contributed by atoms with Gasteiger partial charge < -0.3 is 15.0 Å². The Balaban J connectivity index is 1.86. The van der Waals surface area contributed by atoms with Crippen molar-refractivity contribution in [3.05, 3.63) is 29.8 Å². The summed E-state index contributed by atoms with van der Waals surface area (Å²) in [5.41, 5.74) is 2.05. The van der Waals surface area contributed by atoms with E-state index in [0.717, 1.165) is 44.5 Å². The Kier molecular flexibility index (Phi) is 6.44. The predicted octanol–water partition coefficient (Wildman–Crippen LogP) is 3.76. The van der Waals surface area contributed by atoms with Gasteiger partial charge in [0.05, 0.1) is 6.61 Å². The van der Waals surface area contributed by atoms with Gasteiger partial charge in [0.2, 0.25) is 5.91 Å². The van der Waals surface area contributed by atoms with Crippen molar-refractivity contribution in [1.29, 1.82) is 0 Å². The lowest BCUT2D eigenvalue weighted by atomic mass is 9.89. The average Bonchev–Trinajstić information content (AvgIpc) is 2.55. The van der Waals surface area contributed by atoms with Gasteiger partial charge in [-0.2, -0.15) is 0 Å². The highest BCUT2D eigenvalue weighted by molar-refractivity contribution is 5.88. The Labute approximate surface area is 138 Å². The summed E-state index contributed by atoms with van der Waals surface area (Å²) in [6, 6.07) is 7.98. The molecule has 1 aromatic carbocycles. The van der Waals surface area contributed by atoms with Crippen LogP contribution in [0.1, 0.15) is 51.0 Å². The van der Waals surface area contributed by atoms with Gasteiger partial charge in [0.15, 0.2) is 0 Å². The molecule has 2 amide bonds. The predicted molar refractivity (Wildman–Crippen MR) is 90.5 cm³/mol. The second kappa shape index (κ2) is 8.56. The molecule has 0 spiro atoms. The zero-order chi connectivity index (χ0) is 16.7. The Morgan fingerprint density at radius 2 is 2.04 bits per heavy atom. The second-order valence-corrected chi connectivity index (χ2v) is 6.04. The Morgan fingerprint density at radius 1 is 1.30 bits per heavy atom. The molecule has 1 saturated heterocycles. The fourth-order valence-electron chi connectivity index (χ4n) is 2.86. The summed E-state index contributed by atoms with van der Waals surface area (Å²) in [6.45, 7) is 5.54. The van der Waals surface area contributed by atoms with Crippen LogP contribution in [-0.4, -0.2) is 36.6 Å². The molecule has 0 atom stereocenters. The molecule has 1 heterocycles. The summed E-state index contributed by atoms with van der Waals surface area (Å²) in [4.78, 5) is 24.9. The molecule has 0 radical (unpaired) electrons. The SMILES string of the molecule is CCCCOC(=O)N1CCC(c2cccc(NC(C)=O)c2)CC1. The van der Waals surface area contributed by atoms with Crippen LogP contribution in [0.15, 0.2) is 24.3 Å². The van der Waals surface area contributed by atoms with E-state index in [2.05, 4.69) is 18.3 Å². The van der Waals surface area contributed by atoms with Gasteiger partial charge in [0.25, 0.3) is 0 Å². The van der Waals surface area contributed by atoms with E-state index in [1.54, 1.807) is 4.90 Å². The second-order valence-electron chi connectivity index (χ2n) is 6.04. The van der Waals surface area contributed by atoms with Crippen molar-refractivity contribution >= 4 is 17.7 Å². The van der Waals surface area contributed by atoms with Crippen molar-refractivity contribution in [1.82, 2.24) is 4.90 Å². The quantitative estimate of drug-likeness (QED) is 0.841. The molecule has 1 aliphatic heterocycles. The Hall–Kier alpha value is -2.04. The maximum atomic E-state index is 11.9. The van der Waals surface area contributed by atoms with E-state index in [4.69, 9.17) is 4.74 Å². The molecular weight excluding hydrogens is 292 g/mol. The van der Waals surface area contributed by atoms with Gasteiger partial charge >= 0.3 is 6.09 Å². The van der Waals surface area contributed by atoms with Crippen molar-refractivity contribution in [2.75, 3.05) is 25.0 Å². The zero-order valence-electron chi connectivity index (χ0n) is 14.0. The number of piperidine rings is 1. The van der Waals surface area contributed by atoms with Crippen LogP contribution in [0.5, 0.6) is 0 Å². The topological polar surface area (TPSA) is 58.6 Å². The van der Waals surface area contributed by atoms with E-state index in [1.165, 1.54) is 12.5 Å². The molecule has 0 unspecified atom stereocenters. The number of likely N-dealkylation sites (tertiary alicyclic amines) is 1. The number of nitrogens with one attached hydrogen (secondary N) is 1. The third-order valence-electron chi connectivity index (χ3n) is 4.15. The molecule has 126 valence electrons. The third-order valence-corrected chi connectivity index (χ3v) is 4.15. The number of anilines is 1. The van der Waals surface area contributed by atoms with Crippen LogP contribution in [0.3, 0.4) is 0 Å². The first kappa shape index (κ1) is 17.3. The van der Waals surface area contributed by atoms with Crippen molar-refractivity contribution in [3.8, 4) is 0 Å². The van der Waals surface area contributed by atoms with E-state index in [0.29, 0.717) is 12.5 Å². The summed E-state index contributed by atoms with van der Waals surface area (Å²) in [7, 11) is 0. The molecule has 5 nitrogen and oxygen atoms in total. The molecule has 1 N–H and O–H groups in total. The summed E-state index contributed by atoms with van der Waals surface area (Å²) in [5, 5.41) is 2.82. The van der Waals surface area contributed by atoms with Crippen LogP contribution in [0.25, 0.3) is 0 Å². The van der Waals surface area contributed by atoms with Gasteiger partial charge in [0.1, 0.15) is 0 Å².